The molecule has 2 saturated carbocycles. The molecule has 2 aliphatic rings. The summed E-state index contributed by atoms with van der Waals surface area (Å²) in [6.45, 7) is 0. The van der Waals surface area contributed by atoms with Crippen LogP contribution in [0.15, 0.2) is 53.4 Å². The number of sulfone groups is 1. The summed E-state index contributed by atoms with van der Waals surface area (Å²) in [4.78, 5) is 13.2. The number of aromatic carboxylic acids is 1. The SMILES string of the molecule is O=C(O)c1ccc(C2CC2)c(S(=O)(=O)Cc2cc(C(F)(F)F)ccc2-c2ccc(C3CC3)s2)c1. The normalized spacial score (nSPS) is 16.6. The molecule has 1 N–H and O–H groups in total. The average molecular weight is 507 g/mol. The van der Waals surface area contributed by atoms with E-state index < -0.39 is 33.3 Å². The van der Waals surface area contributed by atoms with E-state index in [0.29, 0.717) is 17.0 Å². The number of benzene rings is 2. The van der Waals surface area contributed by atoms with Crippen molar-refractivity contribution in [3.63, 3.8) is 0 Å². The molecule has 0 amide bonds. The van der Waals surface area contributed by atoms with Gasteiger partial charge in [0.2, 0.25) is 0 Å². The summed E-state index contributed by atoms with van der Waals surface area (Å²) < 4.78 is 67.5. The third kappa shape index (κ3) is 4.63. The Morgan fingerprint density at radius 3 is 2.29 bits per heavy atom. The molecule has 1 heterocycles. The van der Waals surface area contributed by atoms with Gasteiger partial charge in [0.25, 0.3) is 0 Å². The molecule has 0 radical (unpaired) electrons. The summed E-state index contributed by atoms with van der Waals surface area (Å²) in [5.74, 6) is -1.41. The molecule has 2 fully saturated rings. The quantitative estimate of drug-likeness (QED) is 0.380. The third-order valence-electron chi connectivity index (χ3n) is 6.26. The molecule has 1 aromatic heterocycles. The van der Waals surface area contributed by atoms with E-state index in [0.717, 1.165) is 53.6 Å². The second-order valence-corrected chi connectivity index (χ2v) is 12.0. The van der Waals surface area contributed by atoms with Crippen molar-refractivity contribution < 1.29 is 31.5 Å². The minimum Gasteiger partial charge on any atom is -0.478 e. The lowest BCUT2D eigenvalue weighted by molar-refractivity contribution is -0.137. The Morgan fingerprint density at radius 2 is 1.68 bits per heavy atom. The molecule has 0 spiro atoms. The highest BCUT2D eigenvalue weighted by atomic mass is 32.2. The molecule has 2 aliphatic carbocycles. The predicted molar refractivity (Wildman–Crippen MR) is 123 cm³/mol. The van der Waals surface area contributed by atoms with Crippen molar-refractivity contribution in [2.24, 2.45) is 0 Å². The van der Waals surface area contributed by atoms with E-state index in [1.165, 1.54) is 29.5 Å². The van der Waals surface area contributed by atoms with E-state index in [2.05, 4.69) is 0 Å². The summed E-state index contributed by atoms with van der Waals surface area (Å²) in [7, 11) is -4.12. The van der Waals surface area contributed by atoms with Gasteiger partial charge in [0.1, 0.15) is 0 Å². The van der Waals surface area contributed by atoms with Gasteiger partial charge in [-0.25, -0.2) is 13.2 Å². The minimum atomic E-state index is -4.62. The summed E-state index contributed by atoms with van der Waals surface area (Å²) in [5, 5.41) is 9.36. The number of carbonyl (C=O) groups is 1. The summed E-state index contributed by atoms with van der Waals surface area (Å²) >= 11 is 1.48. The molecule has 5 rings (SSSR count). The van der Waals surface area contributed by atoms with Crippen LogP contribution in [-0.2, 0) is 21.8 Å². The molecule has 0 aliphatic heterocycles. The predicted octanol–water partition coefficient (Wildman–Crippen LogP) is 6.86. The molecule has 2 aromatic carbocycles. The van der Waals surface area contributed by atoms with Gasteiger partial charge in [0.05, 0.1) is 21.8 Å². The fourth-order valence-electron chi connectivity index (χ4n) is 4.17. The number of carboxylic acids is 1. The van der Waals surface area contributed by atoms with Crippen molar-refractivity contribution in [3.8, 4) is 10.4 Å². The van der Waals surface area contributed by atoms with E-state index in [9.17, 15) is 31.5 Å². The van der Waals surface area contributed by atoms with Crippen molar-refractivity contribution in [3.05, 3.63) is 75.7 Å². The Morgan fingerprint density at radius 1 is 0.971 bits per heavy atom. The van der Waals surface area contributed by atoms with Crippen LogP contribution < -0.4 is 0 Å². The smallest absolute Gasteiger partial charge is 0.416 e. The lowest BCUT2D eigenvalue weighted by atomic mass is 10.0. The van der Waals surface area contributed by atoms with Gasteiger partial charge in [-0.05, 0) is 90.6 Å². The lowest BCUT2D eigenvalue weighted by Gasteiger charge is -2.15. The van der Waals surface area contributed by atoms with Crippen LogP contribution in [0.4, 0.5) is 13.2 Å². The van der Waals surface area contributed by atoms with Crippen LogP contribution >= 0.6 is 11.3 Å². The van der Waals surface area contributed by atoms with E-state index in [1.54, 1.807) is 0 Å². The van der Waals surface area contributed by atoms with Gasteiger partial charge in [0.15, 0.2) is 9.84 Å². The topological polar surface area (TPSA) is 71.4 Å². The number of hydrogen-bond acceptors (Lipinski definition) is 4. The van der Waals surface area contributed by atoms with Crippen molar-refractivity contribution in [2.75, 3.05) is 0 Å². The van der Waals surface area contributed by atoms with Crippen LogP contribution in [0.3, 0.4) is 0 Å². The molecule has 9 heteroatoms. The van der Waals surface area contributed by atoms with Gasteiger partial charge in [-0.15, -0.1) is 11.3 Å². The maximum absolute atomic E-state index is 13.5. The highest BCUT2D eigenvalue weighted by molar-refractivity contribution is 7.90. The Bertz CT molecular complexity index is 1380. The van der Waals surface area contributed by atoms with E-state index in [4.69, 9.17) is 0 Å². The Labute approximate surface area is 199 Å². The third-order valence-corrected chi connectivity index (χ3v) is 9.26. The average Bonchev–Trinajstić information content (AvgIpc) is 3.71. The number of halogens is 3. The van der Waals surface area contributed by atoms with Gasteiger partial charge < -0.3 is 5.11 Å². The van der Waals surface area contributed by atoms with Gasteiger partial charge >= 0.3 is 12.1 Å². The van der Waals surface area contributed by atoms with Crippen molar-refractivity contribution in [2.45, 2.75) is 54.3 Å². The molecule has 0 unspecified atom stereocenters. The van der Waals surface area contributed by atoms with Crippen LogP contribution in [0.1, 0.15) is 69.4 Å². The summed E-state index contributed by atoms with van der Waals surface area (Å²) in [6.07, 6.45) is -0.865. The van der Waals surface area contributed by atoms with Crippen LogP contribution in [0.2, 0.25) is 0 Å². The van der Waals surface area contributed by atoms with E-state index in [-0.39, 0.29) is 21.9 Å². The summed E-state index contributed by atoms with van der Waals surface area (Å²) in [5.41, 5.74) is -0.0373. The standard InChI is InChI=1S/C25H21F3O4S2/c26-25(27,28)18-6-8-19(22-10-9-21(33-22)15-3-4-15)17(11-18)13-34(31,32)23-12-16(24(29)30)5-7-20(23)14-1-2-14/h5-12,14-15H,1-4,13H2,(H,29,30). The zero-order valence-corrected chi connectivity index (χ0v) is 19.6. The Kier molecular flexibility index (Phi) is 5.60. The molecule has 0 atom stereocenters. The molecule has 34 heavy (non-hydrogen) atoms. The second-order valence-electron chi connectivity index (χ2n) is 8.94. The maximum Gasteiger partial charge on any atom is 0.416 e. The van der Waals surface area contributed by atoms with Crippen LogP contribution in [0.5, 0.6) is 0 Å². The second kappa shape index (κ2) is 8.23. The molecule has 3 aromatic rings. The highest BCUT2D eigenvalue weighted by Gasteiger charge is 2.34. The zero-order chi connectivity index (χ0) is 24.3. The Balaban J connectivity index is 1.60. The molecule has 0 bridgehead atoms. The van der Waals surface area contributed by atoms with Crippen LogP contribution in [-0.4, -0.2) is 19.5 Å². The number of alkyl halides is 3. The first kappa shape index (κ1) is 23.1. The van der Waals surface area contributed by atoms with Gasteiger partial charge in [0, 0.05) is 9.75 Å². The lowest BCUT2D eigenvalue weighted by Crippen LogP contribution is -2.12. The number of thiophene rings is 1. The number of rotatable bonds is 7. The van der Waals surface area contributed by atoms with Gasteiger partial charge in [-0.3, -0.25) is 0 Å². The summed E-state index contributed by atoms with van der Waals surface area (Å²) in [6, 6.07) is 11.0. The van der Waals surface area contributed by atoms with Crippen molar-refractivity contribution >= 4 is 27.1 Å². The van der Waals surface area contributed by atoms with E-state index in [1.807, 2.05) is 12.1 Å². The zero-order valence-electron chi connectivity index (χ0n) is 17.9. The first-order valence-electron chi connectivity index (χ1n) is 10.9. The molecule has 0 saturated heterocycles. The minimum absolute atomic E-state index is 0.0204. The first-order valence-corrected chi connectivity index (χ1v) is 13.4. The van der Waals surface area contributed by atoms with Gasteiger partial charge in [-0.1, -0.05) is 12.1 Å². The van der Waals surface area contributed by atoms with Crippen LogP contribution in [0, 0.1) is 0 Å². The van der Waals surface area contributed by atoms with Crippen molar-refractivity contribution in [1.29, 1.82) is 0 Å². The molecule has 4 nitrogen and oxygen atoms in total. The van der Waals surface area contributed by atoms with Crippen molar-refractivity contribution in [1.82, 2.24) is 0 Å². The molecule has 178 valence electrons. The fourth-order valence-corrected chi connectivity index (χ4v) is 7.11. The number of carboxylic acid groups (broad SMARTS) is 1. The monoisotopic (exact) mass is 506 g/mol. The fraction of sp³-hybridized carbons (Fsp3) is 0.320. The van der Waals surface area contributed by atoms with Gasteiger partial charge in [-0.2, -0.15) is 13.2 Å². The maximum atomic E-state index is 13.5. The largest absolute Gasteiger partial charge is 0.478 e. The number of hydrogen-bond donors (Lipinski definition) is 1. The van der Waals surface area contributed by atoms with Crippen LogP contribution in [0.25, 0.3) is 10.4 Å². The first-order chi connectivity index (χ1) is 16.0. The highest BCUT2D eigenvalue weighted by Crippen LogP contribution is 2.47. The van der Waals surface area contributed by atoms with E-state index >= 15 is 0 Å². The molecular weight excluding hydrogens is 485 g/mol. The molecular formula is C25H21F3O4S2. The Hall–Kier alpha value is -2.65.